The van der Waals surface area contributed by atoms with Crippen molar-refractivity contribution in [2.24, 2.45) is 5.73 Å². The fourth-order valence-corrected chi connectivity index (χ4v) is 1.77. The normalized spacial score (nSPS) is 24.6. The van der Waals surface area contributed by atoms with Crippen molar-refractivity contribution in [3.63, 3.8) is 0 Å². The molecule has 1 aromatic rings. The molecule has 0 saturated carbocycles. The smallest absolute Gasteiger partial charge is 0.159 e. The Hall–Kier alpha value is -1.46. The molecule has 0 amide bonds. The second-order valence-corrected chi connectivity index (χ2v) is 4.15. The van der Waals surface area contributed by atoms with Gasteiger partial charge in [-0.05, 0) is 24.1 Å². The first-order valence-electron chi connectivity index (χ1n) is 5.20. The Bertz CT molecular complexity index is 400. The summed E-state index contributed by atoms with van der Waals surface area (Å²) in [5, 5.41) is 0. The molecule has 2 rings (SSSR count). The van der Waals surface area contributed by atoms with Gasteiger partial charge in [-0.3, -0.25) is 4.79 Å². The lowest BCUT2D eigenvalue weighted by molar-refractivity contribution is -0.123. The number of carbonyl (C=O) groups excluding carboxylic acids is 1. The van der Waals surface area contributed by atoms with Gasteiger partial charge in [0.2, 0.25) is 0 Å². The van der Waals surface area contributed by atoms with Crippen molar-refractivity contribution in [2.75, 3.05) is 18.9 Å². The number of ether oxygens (including phenoxy) is 1. The molecule has 1 saturated heterocycles. The Morgan fingerprint density at radius 1 is 1.62 bits per heavy atom. The standard InChI is InChI=1S/C11H15N3O2/c12-10-6-8(1-3-14-10)5-9(15)11(13)2-4-16-7-11/h1,3,6H,2,4-5,7,13H2,(H2,12,14). The Balaban J connectivity index is 2.07. The van der Waals surface area contributed by atoms with Gasteiger partial charge in [-0.1, -0.05) is 0 Å². The minimum Gasteiger partial charge on any atom is -0.384 e. The van der Waals surface area contributed by atoms with Gasteiger partial charge in [-0.15, -0.1) is 0 Å². The van der Waals surface area contributed by atoms with E-state index >= 15 is 0 Å². The van der Waals surface area contributed by atoms with Crippen LogP contribution in [0.4, 0.5) is 5.82 Å². The number of carbonyl (C=O) groups is 1. The summed E-state index contributed by atoms with van der Waals surface area (Å²) in [5.74, 6) is 0.412. The van der Waals surface area contributed by atoms with E-state index in [2.05, 4.69) is 4.98 Å². The van der Waals surface area contributed by atoms with Crippen LogP contribution in [0.1, 0.15) is 12.0 Å². The van der Waals surface area contributed by atoms with Crippen molar-refractivity contribution in [1.82, 2.24) is 4.98 Å². The van der Waals surface area contributed by atoms with E-state index in [9.17, 15) is 4.79 Å². The average Bonchev–Trinajstić information content (AvgIpc) is 2.66. The first-order chi connectivity index (χ1) is 7.60. The third-order valence-electron chi connectivity index (χ3n) is 2.82. The van der Waals surface area contributed by atoms with Gasteiger partial charge in [0.05, 0.1) is 6.61 Å². The number of pyridine rings is 1. The van der Waals surface area contributed by atoms with Crippen LogP contribution in [0.25, 0.3) is 0 Å². The van der Waals surface area contributed by atoms with E-state index in [0.717, 1.165) is 5.56 Å². The number of nitrogens with two attached hydrogens (primary N) is 2. The number of hydrogen-bond acceptors (Lipinski definition) is 5. The maximum absolute atomic E-state index is 12.0. The van der Waals surface area contributed by atoms with Crippen LogP contribution in [-0.4, -0.2) is 29.5 Å². The summed E-state index contributed by atoms with van der Waals surface area (Å²) < 4.78 is 5.16. The summed E-state index contributed by atoms with van der Waals surface area (Å²) >= 11 is 0. The Morgan fingerprint density at radius 3 is 3.06 bits per heavy atom. The maximum Gasteiger partial charge on any atom is 0.159 e. The molecule has 1 aromatic heterocycles. The molecule has 0 aliphatic carbocycles. The Labute approximate surface area is 93.8 Å². The molecule has 1 atom stereocenters. The van der Waals surface area contributed by atoms with Crippen LogP contribution in [0.3, 0.4) is 0 Å². The van der Waals surface area contributed by atoms with E-state index in [0.29, 0.717) is 25.5 Å². The quantitative estimate of drug-likeness (QED) is 0.743. The fourth-order valence-electron chi connectivity index (χ4n) is 1.77. The zero-order valence-electron chi connectivity index (χ0n) is 8.98. The summed E-state index contributed by atoms with van der Waals surface area (Å²) in [5.41, 5.74) is 11.5. The highest BCUT2D eigenvalue weighted by Crippen LogP contribution is 2.19. The predicted molar refractivity (Wildman–Crippen MR) is 59.7 cm³/mol. The average molecular weight is 221 g/mol. The van der Waals surface area contributed by atoms with Crippen LogP contribution >= 0.6 is 0 Å². The number of nitrogens with zero attached hydrogens (tertiary/aromatic N) is 1. The number of Topliss-reactive ketones (excluding diaryl/α,β-unsaturated/α-hetero) is 1. The van der Waals surface area contributed by atoms with Crippen LogP contribution in [0, 0.1) is 0 Å². The molecule has 16 heavy (non-hydrogen) atoms. The summed E-state index contributed by atoms with van der Waals surface area (Å²) in [6.07, 6.45) is 2.46. The second-order valence-electron chi connectivity index (χ2n) is 4.15. The molecular weight excluding hydrogens is 206 g/mol. The van der Waals surface area contributed by atoms with Crippen molar-refractivity contribution < 1.29 is 9.53 Å². The minimum atomic E-state index is -0.821. The first-order valence-corrected chi connectivity index (χ1v) is 5.20. The monoisotopic (exact) mass is 221 g/mol. The molecule has 1 fully saturated rings. The van der Waals surface area contributed by atoms with E-state index in [4.69, 9.17) is 16.2 Å². The van der Waals surface area contributed by atoms with E-state index in [1.807, 2.05) is 0 Å². The third kappa shape index (κ3) is 2.20. The van der Waals surface area contributed by atoms with Gasteiger partial charge in [0, 0.05) is 19.2 Å². The van der Waals surface area contributed by atoms with E-state index in [1.165, 1.54) is 0 Å². The fraction of sp³-hybridized carbons (Fsp3) is 0.455. The molecule has 1 unspecified atom stereocenters. The zero-order chi connectivity index (χ0) is 11.6. The SMILES string of the molecule is Nc1cc(CC(=O)C2(N)CCOC2)ccn1. The number of nitrogen functional groups attached to an aromatic ring is 1. The van der Waals surface area contributed by atoms with E-state index in [-0.39, 0.29) is 12.2 Å². The van der Waals surface area contributed by atoms with Gasteiger partial charge in [0.15, 0.2) is 5.78 Å². The summed E-state index contributed by atoms with van der Waals surface area (Å²) in [7, 11) is 0. The lowest BCUT2D eigenvalue weighted by Crippen LogP contribution is -2.49. The van der Waals surface area contributed by atoms with Crippen LogP contribution in [-0.2, 0) is 16.0 Å². The highest BCUT2D eigenvalue weighted by Gasteiger charge is 2.37. The van der Waals surface area contributed by atoms with Gasteiger partial charge < -0.3 is 16.2 Å². The van der Waals surface area contributed by atoms with Gasteiger partial charge in [-0.25, -0.2) is 4.98 Å². The van der Waals surface area contributed by atoms with Gasteiger partial charge in [0.1, 0.15) is 11.4 Å². The van der Waals surface area contributed by atoms with Crippen molar-refractivity contribution in [3.05, 3.63) is 23.9 Å². The summed E-state index contributed by atoms with van der Waals surface area (Å²) in [6.45, 7) is 0.868. The number of hydrogen-bond donors (Lipinski definition) is 2. The molecule has 5 nitrogen and oxygen atoms in total. The van der Waals surface area contributed by atoms with Crippen LogP contribution in [0.15, 0.2) is 18.3 Å². The molecule has 1 aliphatic rings. The molecule has 1 aliphatic heterocycles. The summed E-state index contributed by atoms with van der Waals surface area (Å²) in [4.78, 5) is 15.9. The molecule has 0 aromatic carbocycles. The van der Waals surface area contributed by atoms with Crippen LogP contribution in [0.5, 0.6) is 0 Å². The number of ketones is 1. The molecular formula is C11H15N3O2. The number of anilines is 1. The highest BCUT2D eigenvalue weighted by molar-refractivity contribution is 5.90. The number of aromatic nitrogens is 1. The lowest BCUT2D eigenvalue weighted by atomic mass is 9.90. The zero-order valence-corrected chi connectivity index (χ0v) is 8.98. The van der Waals surface area contributed by atoms with Crippen molar-refractivity contribution >= 4 is 11.6 Å². The van der Waals surface area contributed by atoms with Gasteiger partial charge in [-0.2, -0.15) is 0 Å². The van der Waals surface area contributed by atoms with Crippen molar-refractivity contribution in [3.8, 4) is 0 Å². The topological polar surface area (TPSA) is 91.2 Å². The molecule has 0 spiro atoms. The lowest BCUT2D eigenvalue weighted by Gasteiger charge is -2.19. The van der Waals surface area contributed by atoms with Gasteiger partial charge >= 0.3 is 0 Å². The second kappa shape index (κ2) is 4.19. The molecule has 2 heterocycles. The van der Waals surface area contributed by atoms with E-state index in [1.54, 1.807) is 18.3 Å². The molecule has 4 N–H and O–H groups in total. The van der Waals surface area contributed by atoms with Gasteiger partial charge in [0.25, 0.3) is 0 Å². The predicted octanol–water partition coefficient (Wildman–Crippen LogP) is -0.107. The maximum atomic E-state index is 12.0. The first kappa shape index (κ1) is 11.0. The highest BCUT2D eigenvalue weighted by atomic mass is 16.5. The van der Waals surface area contributed by atoms with Crippen molar-refractivity contribution in [1.29, 1.82) is 0 Å². The Kier molecular flexibility index (Phi) is 2.89. The third-order valence-corrected chi connectivity index (χ3v) is 2.82. The van der Waals surface area contributed by atoms with Crippen LogP contribution in [0.2, 0.25) is 0 Å². The minimum absolute atomic E-state index is 0.00407. The van der Waals surface area contributed by atoms with Crippen molar-refractivity contribution in [2.45, 2.75) is 18.4 Å². The molecule has 86 valence electrons. The molecule has 5 heteroatoms. The number of rotatable bonds is 3. The Morgan fingerprint density at radius 2 is 2.44 bits per heavy atom. The molecule has 0 radical (unpaired) electrons. The van der Waals surface area contributed by atoms with E-state index < -0.39 is 5.54 Å². The van der Waals surface area contributed by atoms with Crippen LogP contribution < -0.4 is 11.5 Å². The summed E-state index contributed by atoms with van der Waals surface area (Å²) in [6, 6.07) is 3.46. The molecule has 0 bridgehead atoms. The largest absolute Gasteiger partial charge is 0.384 e.